The van der Waals surface area contributed by atoms with Crippen LogP contribution in [0.3, 0.4) is 0 Å². The zero-order chi connectivity index (χ0) is 29.8. The number of hydrogen-bond donors (Lipinski definition) is 1. The Labute approximate surface area is 234 Å². The highest BCUT2D eigenvalue weighted by Gasteiger charge is 2.37. The van der Waals surface area contributed by atoms with Crippen molar-refractivity contribution in [2.45, 2.75) is 12.4 Å². The summed E-state index contributed by atoms with van der Waals surface area (Å²) < 4.78 is 114. The van der Waals surface area contributed by atoms with Crippen LogP contribution >= 0.6 is 0 Å². The Morgan fingerprint density at radius 1 is 0.643 bits per heavy atom. The first-order chi connectivity index (χ1) is 19.9. The molecule has 0 bridgehead atoms. The first-order valence-electron chi connectivity index (χ1n) is 12.5. The molecule has 0 fully saturated rings. The van der Waals surface area contributed by atoms with Gasteiger partial charge in [-0.3, -0.25) is 0 Å². The topological polar surface area (TPSA) is 28.3 Å². The molecule has 12 heteroatoms. The molecule has 0 saturated carbocycles. The van der Waals surface area contributed by atoms with Crippen molar-refractivity contribution < 1.29 is 39.5 Å². The Bertz CT molecular complexity index is 1870. The lowest BCUT2D eigenvalue weighted by Gasteiger charge is -2.20. The van der Waals surface area contributed by atoms with Crippen LogP contribution < -0.4 is 9.79 Å². The van der Waals surface area contributed by atoms with Gasteiger partial charge < -0.3 is 18.4 Å². The number of aliphatic imine (C=N–C) groups is 1. The van der Waals surface area contributed by atoms with Crippen LogP contribution in [0.4, 0.5) is 46.5 Å². The molecule has 42 heavy (non-hydrogen) atoms. The van der Waals surface area contributed by atoms with Gasteiger partial charge in [0.05, 0.1) is 34.1 Å². The highest BCUT2D eigenvalue weighted by atomic mass is 19.4. The molecule has 1 radical (unpaired) electrons. The predicted octanol–water partition coefficient (Wildman–Crippen LogP) is 8.77. The fourth-order valence-electron chi connectivity index (χ4n) is 5.20. The van der Waals surface area contributed by atoms with Crippen LogP contribution in [0, 0.1) is 0 Å². The fourth-order valence-corrected chi connectivity index (χ4v) is 5.20. The summed E-state index contributed by atoms with van der Waals surface area (Å²) in [6.45, 7) is 0. The molecule has 4 aromatic carbocycles. The van der Waals surface area contributed by atoms with Gasteiger partial charge in [0.25, 0.3) is 11.7 Å². The van der Waals surface area contributed by atoms with Crippen LogP contribution in [0.2, 0.25) is 0 Å². The predicted molar refractivity (Wildman–Crippen MR) is 145 cm³/mol. The quantitative estimate of drug-likeness (QED) is 0.167. The third-order valence-electron chi connectivity index (χ3n) is 6.97. The maximum atomic E-state index is 14.7. The van der Waals surface area contributed by atoms with Gasteiger partial charge in [-0.25, -0.2) is 0 Å². The third kappa shape index (κ3) is 4.76. The second-order valence-corrected chi connectivity index (χ2v) is 9.53. The highest BCUT2D eigenvalue weighted by Crippen LogP contribution is 2.43. The van der Waals surface area contributed by atoms with Gasteiger partial charge in [0.1, 0.15) is 0 Å². The molecule has 1 N–H and O–H groups in total. The van der Waals surface area contributed by atoms with E-state index in [0.29, 0.717) is 15.7 Å². The van der Waals surface area contributed by atoms with Gasteiger partial charge >= 0.3 is 19.8 Å². The molecule has 0 amide bonds. The normalized spacial score (nSPS) is 14.2. The number of anilines is 1. The summed E-state index contributed by atoms with van der Waals surface area (Å²) in [4.78, 5) is 4.42. The number of nitrogens with zero attached hydrogens (tertiary/aromatic N) is 2. The lowest BCUT2D eigenvalue weighted by molar-refractivity contribution is -0.539. The van der Waals surface area contributed by atoms with Crippen molar-refractivity contribution in [1.29, 1.82) is 0 Å². The van der Waals surface area contributed by atoms with E-state index in [2.05, 4.69) is 10.3 Å². The van der Waals surface area contributed by atoms with E-state index in [1.165, 1.54) is 12.1 Å². The number of rotatable bonds is 4. The summed E-state index contributed by atoms with van der Waals surface area (Å²) in [5.41, 5.74) is -2.89. The summed E-state index contributed by atoms with van der Waals surface area (Å²) in [6, 6.07) is 20.2. The highest BCUT2D eigenvalue weighted by molar-refractivity contribution is 6.32. The molecule has 0 saturated heterocycles. The molecule has 1 aliphatic heterocycles. The molecule has 0 spiro atoms. The molecule has 3 nitrogen and oxygen atoms in total. The van der Waals surface area contributed by atoms with Gasteiger partial charge in [-0.15, -0.1) is 0 Å². The van der Waals surface area contributed by atoms with Gasteiger partial charge in [-0.1, -0.05) is 60.7 Å². The molecular formula is C30H17BF8N3. The number of benzene rings is 4. The van der Waals surface area contributed by atoms with E-state index in [0.717, 1.165) is 59.4 Å². The molecule has 1 aromatic heterocycles. The molecule has 1 aliphatic rings. The monoisotopic (exact) mass is 582 g/mol. The van der Waals surface area contributed by atoms with Gasteiger partial charge in [-0.05, 0) is 46.3 Å². The molecular weight excluding hydrogens is 565 g/mol. The summed E-state index contributed by atoms with van der Waals surface area (Å²) >= 11 is 0. The van der Waals surface area contributed by atoms with E-state index >= 15 is 0 Å². The lowest BCUT2D eigenvalue weighted by atomic mass is 9.93. The Morgan fingerprint density at radius 3 is 1.86 bits per heavy atom. The molecule has 0 aliphatic carbocycles. The number of nitrogens with one attached hydrogen (secondary N) is 1. The second-order valence-electron chi connectivity index (χ2n) is 9.53. The largest absolute Gasteiger partial charge is 0.477 e. The Hall–Kier alpha value is -4.74. The Morgan fingerprint density at radius 2 is 1.21 bits per heavy atom. The van der Waals surface area contributed by atoms with Crippen molar-refractivity contribution in [2.75, 3.05) is 5.32 Å². The summed E-state index contributed by atoms with van der Waals surface area (Å²) in [5, 5.41) is 4.61. The van der Waals surface area contributed by atoms with Crippen molar-refractivity contribution in [3.63, 3.8) is 0 Å². The molecule has 2 heterocycles. The van der Waals surface area contributed by atoms with Crippen LogP contribution in [-0.2, 0) is 12.4 Å². The molecule has 0 atom stereocenters. The Kier molecular flexibility index (Phi) is 6.51. The number of amidine groups is 1. The lowest BCUT2D eigenvalue weighted by Crippen LogP contribution is -2.46. The smallest absolute Gasteiger partial charge is 0.458 e. The average Bonchev–Trinajstić information content (AvgIpc) is 3.31. The van der Waals surface area contributed by atoms with E-state index in [9.17, 15) is 35.0 Å². The standard InChI is InChI=1S/C30H17BF8N3/c32-29(33,34)23-12-3-1-9-19(23)18-15-22(20-10-2-4-13-24(20)30(35,36)37)28(42(16-18)31(38)39)41-27-21-11-5-7-17-8-6-14-25(40-27)26(17)21/h1-16H,(H,40,41). The number of hydrogen-bond acceptors (Lipinski definition) is 1. The van der Waals surface area contributed by atoms with Gasteiger partial charge in [0.15, 0.2) is 0 Å². The number of halogens is 8. The zero-order valence-electron chi connectivity index (χ0n) is 21.2. The van der Waals surface area contributed by atoms with Crippen molar-refractivity contribution in [3.05, 3.63) is 114 Å². The number of alkyl halides is 6. The van der Waals surface area contributed by atoms with E-state index < -0.39 is 53.4 Å². The molecule has 5 aromatic rings. The van der Waals surface area contributed by atoms with Gasteiger partial charge in [-0.2, -0.15) is 26.3 Å². The van der Waals surface area contributed by atoms with E-state index in [1.54, 1.807) is 24.3 Å². The van der Waals surface area contributed by atoms with Gasteiger partial charge in [0, 0.05) is 16.5 Å². The van der Waals surface area contributed by atoms with Crippen LogP contribution in [0.25, 0.3) is 33.0 Å². The van der Waals surface area contributed by atoms with E-state index in [-0.39, 0.29) is 11.4 Å². The van der Waals surface area contributed by atoms with Crippen molar-refractivity contribution in [2.24, 2.45) is 4.99 Å². The van der Waals surface area contributed by atoms with Crippen LogP contribution in [-0.4, -0.2) is 13.2 Å². The van der Waals surface area contributed by atoms with Crippen molar-refractivity contribution in [3.8, 4) is 22.3 Å². The van der Waals surface area contributed by atoms with Crippen molar-refractivity contribution in [1.82, 2.24) is 0 Å². The van der Waals surface area contributed by atoms with Crippen molar-refractivity contribution >= 4 is 35.5 Å². The number of aromatic nitrogens is 1. The fraction of sp³-hybridized carbons (Fsp3) is 0.0667. The van der Waals surface area contributed by atoms with E-state index in [4.69, 9.17) is 0 Å². The Balaban J connectivity index is 1.68. The molecule has 0 unspecified atom stereocenters. The van der Waals surface area contributed by atoms with Crippen LogP contribution in [0.5, 0.6) is 0 Å². The number of pyridine rings is 1. The summed E-state index contributed by atoms with van der Waals surface area (Å²) in [7, 11) is -3.36. The maximum absolute atomic E-state index is 14.7. The van der Waals surface area contributed by atoms with Crippen LogP contribution in [0.1, 0.15) is 16.7 Å². The first kappa shape index (κ1) is 27.4. The molecule has 211 valence electrons. The minimum atomic E-state index is -4.90. The maximum Gasteiger partial charge on any atom is 0.477 e. The second kappa shape index (κ2) is 9.97. The minimum Gasteiger partial charge on any atom is -0.458 e. The summed E-state index contributed by atoms with van der Waals surface area (Å²) in [5.74, 6) is -0.465. The van der Waals surface area contributed by atoms with E-state index in [1.807, 2.05) is 12.1 Å². The summed E-state index contributed by atoms with van der Waals surface area (Å²) in [6.07, 6.45) is -8.98. The third-order valence-corrected chi connectivity index (χ3v) is 6.97. The zero-order valence-corrected chi connectivity index (χ0v) is 21.2. The SMILES string of the molecule is F[B-](F)[n+]1cc(-c2ccccc2C(F)(F)F)cc(-c2ccccc2C(F)(F)F)c1/N=C1\Nc2cccc3cccc1c23. The average molecular weight is 582 g/mol. The molecule has 6 rings (SSSR count). The van der Waals surface area contributed by atoms with Gasteiger partial charge in [0.2, 0.25) is 0 Å². The minimum absolute atomic E-state index is 0.102. The van der Waals surface area contributed by atoms with Crippen LogP contribution in [0.15, 0.2) is 102 Å². The first-order valence-corrected chi connectivity index (χ1v) is 12.5.